The monoisotopic (exact) mass is 478 g/mol. The zero-order chi connectivity index (χ0) is 25.2. The van der Waals surface area contributed by atoms with Crippen molar-refractivity contribution in [3.05, 3.63) is 89.1 Å². The normalized spacial score (nSPS) is 11.0. The molecule has 0 fully saturated rings. The van der Waals surface area contributed by atoms with E-state index in [-0.39, 0.29) is 12.2 Å². The smallest absolute Gasteiger partial charge is 0.343 e. The Bertz CT molecular complexity index is 1560. The molecule has 0 radical (unpaired) electrons. The highest BCUT2D eigenvalue weighted by molar-refractivity contribution is 5.96. The van der Waals surface area contributed by atoms with Crippen LogP contribution in [0.2, 0.25) is 0 Å². The molecule has 0 bridgehead atoms. The number of nitrogens with one attached hydrogen (secondary N) is 1. The van der Waals surface area contributed by atoms with Crippen LogP contribution in [0.4, 0.5) is 11.6 Å². The lowest BCUT2D eigenvalue weighted by atomic mass is 10.0. The number of pyridine rings is 1. The molecule has 0 saturated carbocycles. The van der Waals surface area contributed by atoms with Gasteiger partial charge in [-0.25, -0.2) is 9.78 Å². The lowest BCUT2D eigenvalue weighted by Gasteiger charge is -2.13. The highest BCUT2D eigenvalue weighted by Gasteiger charge is 2.22. The number of carbonyl (C=O) groups is 1. The zero-order valence-corrected chi connectivity index (χ0v) is 20.6. The Labute approximate surface area is 209 Å². The molecule has 3 aromatic heterocycles. The molecule has 0 aliphatic carbocycles. The van der Waals surface area contributed by atoms with Crippen molar-refractivity contribution in [2.75, 3.05) is 11.9 Å². The van der Waals surface area contributed by atoms with Gasteiger partial charge in [0.05, 0.1) is 24.0 Å². The van der Waals surface area contributed by atoms with Gasteiger partial charge in [0.25, 0.3) is 0 Å². The molecule has 5 rings (SSSR count). The van der Waals surface area contributed by atoms with Gasteiger partial charge < -0.3 is 10.1 Å². The van der Waals surface area contributed by atoms with E-state index in [1.165, 1.54) is 11.8 Å². The standard InChI is InChI=1S/C28H26N6O2/c1-5-36-28(35)22-16-29-34(25-15-18(3)21-14-17(2)13-19(4)26(21)31-25)27(22)30-24-12-11-23(32-33-24)20-9-7-6-8-10-20/h6-16H,5H2,1-4H3,(H,30,33). The van der Waals surface area contributed by atoms with E-state index in [9.17, 15) is 4.79 Å². The van der Waals surface area contributed by atoms with Crippen molar-refractivity contribution < 1.29 is 9.53 Å². The summed E-state index contributed by atoms with van der Waals surface area (Å²) in [4.78, 5) is 17.6. The molecular formula is C28H26N6O2. The summed E-state index contributed by atoms with van der Waals surface area (Å²) in [5.74, 6) is 0.973. The van der Waals surface area contributed by atoms with E-state index in [0.29, 0.717) is 17.5 Å². The van der Waals surface area contributed by atoms with Gasteiger partial charge >= 0.3 is 5.97 Å². The first-order valence-corrected chi connectivity index (χ1v) is 11.7. The highest BCUT2D eigenvalue weighted by Crippen LogP contribution is 2.28. The largest absolute Gasteiger partial charge is 0.462 e. The summed E-state index contributed by atoms with van der Waals surface area (Å²) in [6.45, 7) is 8.18. The molecule has 0 atom stereocenters. The Morgan fingerprint density at radius 2 is 1.78 bits per heavy atom. The van der Waals surface area contributed by atoms with Gasteiger partial charge in [0, 0.05) is 10.9 Å². The molecule has 0 amide bonds. The van der Waals surface area contributed by atoms with Crippen molar-refractivity contribution in [1.82, 2.24) is 25.0 Å². The van der Waals surface area contributed by atoms with Crippen LogP contribution in [-0.2, 0) is 4.74 Å². The van der Waals surface area contributed by atoms with Crippen molar-refractivity contribution in [3.63, 3.8) is 0 Å². The predicted octanol–water partition coefficient (Wildman–Crippen LogP) is 5.72. The van der Waals surface area contributed by atoms with E-state index < -0.39 is 5.97 Å². The number of fused-ring (bicyclic) bond motifs is 1. The summed E-state index contributed by atoms with van der Waals surface area (Å²) in [5, 5.41) is 17.5. The van der Waals surface area contributed by atoms with Crippen molar-refractivity contribution in [3.8, 4) is 17.1 Å². The van der Waals surface area contributed by atoms with Crippen molar-refractivity contribution in [2.24, 2.45) is 0 Å². The maximum atomic E-state index is 12.7. The van der Waals surface area contributed by atoms with Crippen LogP contribution >= 0.6 is 0 Å². The van der Waals surface area contributed by atoms with Gasteiger partial charge in [-0.05, 0) is 63.1 Å². The first-order chi connectivity index (χ1) is 17.4. The van der Waals surface area contributed by atoms with E-state index in [4.69, 9.17) is 9.72 Å². The van der Waals surface area contributed by atoms with Gasteiger partial charge in [0.15, 0.2) is 17.5 Å². The number of esters is 1. The number of carbonyl (C=O) groups excluding carboxylic acids is 1. The molecule has 0 aliphatic rings. The summed E-state index contributed by atoms with van der Waals surface area (Å²) in [6, 6.07) is 19.7. The number of benzene rings is 2. The lowest BCUT2D eigenvalue weighted by Crippen LogP contribution is -2.11. The lowest BCUT2D eigenvalue weighted by molar-refractivity contribution is 0.0527. The van der Waals surface area contributed by atoms with Gasteiger partial charge in [-0.3, -0.25) is 0 Å². The Hall–Kier alpha value is -4.59. The Morgan fingerprint density at radius 3 is 2.50 bits per heavy atom. The molecule has 5 aromatic rings. The molecular weight excluding hydrogens is 452 g/mol. The second-order valence-corrected chi connectivity index (χ2v) is 8.61. The Kier molecular flexibility index (Phi) is 6.16. The van der Waals surface area contributed by atoms with Gasteiger partial charge in [-0.15, -0.1) is 10.2 Å². The number of anilines is 2. The number of rotatable bonds is 6. The molecule has 8 nitrogen and oxygen atoms in total. The number of ether oxygens (including phenoxy) is 1. The fourth-order valence-corrected chi connectivity index (χ4v) is 4.22. The van der Waals surface area contributed by atoms with E-state index in [2.05, 4.69) is 39.7 Å². The second kappa shape index (κ2) is 9.58. The van der Waals surface area contributed by atoms with Crippen LogP contribution in [0.1, 0.15) is 34.0 Å². The summed E-state index contributed by atoms with van der Waals surface area (Å²) in [5.41, 5.74) is 6.21. The molecule has 0 saturated heterocycles. The Morgan fingerprint density at radius 1 is 0.972 bits per heavy atom. The van der Waals surface area contributed by atoms with E-state index in [1.807, 2.05) is 62.4 Å². The number of hydrogen-bond acceptors (Lipinski definition) is 7. The fourth-order valence-electron chi connectivity index (χ4n) is 4.22. The van der Waals surface area contributed by atoms with Gasteiger partial charge in [-0.2, -0.15) is 9.78 Å². The van der Waals surface area contributed by atoms with E-state index in [1.54, 1.807) is 11.6 Å². The summed E-state index contributed by atoms with van der Waals surface area (Å²) in [6.07, 6.45) is 1.48. The van der Waals surface area contributed by atoms with Crippen LogP contribution in [0.25, 0.3) is 28.0 Å². The molecule has 36 heavy (non-hydrogen) atoms. The van der Waals surface area contributed by atoms with Crippen LogP contribution in [-0.4, -0.2) is 37.5 Å². The molecule has 1 N–H and O–H groups in total. The average Bonchev–Trinajstić information content (AvgIpc) is 3.29. The summed E-state index contributed by atoms with van der Waals surface area (Å²) in [7, 11) is 0. The van der Waals surface area contributed by atoms with Crippen molar-refractivity contribution in [1.29, 1.82) is 0 Å². The minimum Gasteiger partial charge on any atom is -0.462 e. The second-order valence-electron chi connectivity index (χ2n) is 8.61. The first-order valence-electron chi connectivity index (χ1n) is 11.7. The number of hydrogen-bond donors (Lipinski definition) is 1. The summed E-state index contributed by atoms with van der Waals surface area (Å²) >= 11 is 0. The van der Waals surface area contributed by atoms with Crippen molar-refractivity contribution in [2.45, 2.75) is 27.7 Å². The minimum atomic E-state index is -0.482. The molecule has 180 valence electrons. The minimum absolute atomic E-state index is 0.251. The topological polar surface area (TPSA) is 94.8 Å². The van der Waals surface area contributed by atoms with E-state index in [0.717, 1.165) is 33.3 Å². The predicted molar refractivity (Wildman–Crippen MR) is 140 cm³/mol. The Balaban J connectivity index is 1.58. The van der Waals surface area contributed by atoms with Crippen LogP contribution in [0.3, 0.4) is 0 Å². The molecule has 2 aromatic carbocycles. The maximum absolute atomic E-state index is 12.7. The number of nitrogens with zero attached hydrogens (tertiary/aromatic N) is 5. The third-order valence-electron chi connectivity index (χ3n) is 5.90. The molecule has 8 heteroatoms. The zero-order valence-electron chi connectivity index (χ0n) is 20.6. The van der Waals surface area contributed by atoms with Crippen LogP contribution in [0.5, 0.6) is 0 Å². The molecule has 3 heterocycles. The van der Waals surface area contributed by atoms with Crippen molar-refractivity contribution >= 4 is 28.5 Å². The fraction of sp³-hybridized carbons (Fsp3) is 0.179. The first kappa shape index (κ1) is 23.2. The third kappa shape index (κ3) is 4.40. The van der Waals surface area contributed by atoms with Gasteiger partial charge in [0.2, 0.25) is 0 Å². The van der Waals surface area contributed by atoms with Gasteiger partial charge in [0.1, 0.15) is 5.56 Å². The van der Waals surface area contributed by atoms with E-state index >= 15 is 0 Å². The summed E-state index contributed by atoms with van der Waals surface area (Å²) < 4.78 is 6.87. The van der Waals surface area contributed by atoms with Gasteiger partial charge in [-0.1, -0.05) is 42.0 Å². The van der Waals surface area contributed by atoms with Crippen LogP contribution in [0.15, 0.2) is 66.9 Å². The number of aryl methyl sites for hydroxylation is 3. The maximum Gasteiger partial charge on any atom is 0.343 e. The van der Waals surface area contributed by atoms with Crippen LogP contribution in [0, 0.1) is 20.8 Å². The number of aromatic nitrogens is 5. The molecule has 0 unspecified atom stereocenters. The quantitative estimate of drug-likeness (QED) is 0.312. The molecule has 0 spiro atoms. The molecule has 0 aliphatic heterocycles. The highest BCUT2D eigenvalue weighted by atomic mass is 16.5. The SMILES string of the molecule is CCOC(=O)c1cnn(-c2cc(C)c3cc(C)cc(C)c3n2)c1Nc1ccc(-c2ccccc2)nn1. The van der Waals surface area contributed by atoms with Crippen LogP contribution < -0.4 is 5.32 Å². The average molecular weight is 479 g/mol. The third-order valence-corrected chi connectivity index (χ3v) is 5.90.